The molecular formula is C33H52O2. The fourth-order valence-electron chi connectivity index (χ4n) is 4.74. The minimum Gasteiger partial charge on any atom is -0.507 e. The van der Waals surface area contributed by atoms with Crippen LogP contribution in [0.3, 0.4) is 0 Å². The lowest BCUT2D eigenvalue weighted by Gasteiger charge is -2.32. The molecule has 0 aromatic heterocycles. The molecule has 2 aromatic rings. The van der Waals surface area contributed by atoms with Gasteiger partial charge < -0.3 is 10.2 Å². The van der Waals surface area contributed by atoms with Gasteiger partial charge in [-0.05, 0) is 50.3 Å². The standard InChI is InChI=1S/C33H52O2/c1-14-15-16-23(24-17-21(30(2,3)4)19-26(28(24)34)32(8,9)10)25-18-22(31(5,6)7)20-27(29(25)35)33(11,12)13/h17-20,23,34-35H,14-16H2,1-13H3. The van der Waals surface area contributed by atoms with Crippen LogP contribution in [0.15, 0.2) is 24.3 Å². The van der Waals surface area contributed by atoms with E-state index in [1.165, 1.54) is 11.1 Å². The fraction of sp³-hybridized carbons (Fsp3) is 0.636. The van der Waals surface area contributed by atoms with Crippen LogP contribution in [0.5, 0.6) is 11.5 Å². The minimum atomic E-state index is -0.193. The van der Waals surface area contributed by atoms with Crippen molar-refractivity contribution in [2.75, 3.05) is 0 Å². The zero-order valence-electron chi connectivity index (χ0n) is 24.9. The molecule has 0 aliphatic rings. The Morgan fingerprint density at radius 3 is 1.17 bits per heavy atom. The third-order valence-electron chi connectivity index (χ3n) is 7.22. The molecule has 0 spiro atoms. The topological polar surface area (TPSA) is 40.5 Å². The van der Waals surface area contributed by atoms with Crippen LogP contribution in [0.1, 0.15) is 149 Å². The first kappa shape index (κ1) is 29.3. The van der Waals surface area contributed by atoms with Gasteiger partial charge in [0, 0.05) is 17.0 Å². The van der Waals surface area contributed by atoms with Crippen LogP contribution in [-0.2, 0) is 21.7 Å². The second-order valence-corrected chi connectivity index (χ2v) is 14.6. The molecule has 0 saturated carbocycles. The fourth-order valence-corrected chi connectivity index (χ4v) is 4.74. The molecule has 0 amide bonds. The highest BCUT2D eigenvalue weighted by Gasteiger charge is 2.32. The lowest BCUT2D eigenvalue weighted by atomic mass is 9.73. The van der Waals surface area contributed by atoms with Crippen LogP contribution in [0.4, 0.5) is 0 Å². The number of benzene rings is 2. The number of hydrogen-bond donors (Lipinski definition) is 2. The molecule has 0 bridgehead atoms. The highest BCUT2D eigenvalue weighted by molar-refractivity contribution is 5.57. The van der Waals surface area contributed by atoms with Crippen molar-refractivity contribution in [3.8, 4) is 11.5 Å². The van der Waals surface area contributed by atoms with Crippen molar-refractivity contribution in [1.29, 1.82) is 0 Å². The molecule has 0 atom stereocenters. The summed E-state index contributed by atoms with van der Waals surface area (Å²) in [6.45, 7) is 28.5. The lowest BCUT2D eigenvalue weighted by Crippen LogP contribution is -2.20. The molecular weight excluding hydrogens is 428 g/mol. The predicted molar refractivity (Wildman–Crippen MR) is 152 cm³/mol. The van der Waals surface area contributed by atoms with Crippen LogP contribution in [-0.4, -0.2) is 10.2 Å². The molecule has 196 valence electrons. The van der Waals surface area contributed by atoms with Gasteiger partial charge in [0.25, 0.3) is 0 Å². The summed E-state index contributed by atoms with van der Waals surface area (Å²) in [6, 6.07) is 8.76. The molecule has 0 heterocycles. The summed E-state index contributed by atoms with van der Waals surface area (Å²) in [5.74, 6) is 0.677. The Morgan fingerprint density at radius 1 is 0.571 bits per heavy atom. The lowest BCUT2D eigenvalue weighted by molar-refractivity contribution is 0.421. The summed E-state index contributed by atoms with van der Waals surface area (Å²) in [4.78, 5) is 0. The molecule has 2 heteroatoms. The van der Waals surface area contributed by atoms with Gasteiger partial charge in [-0.15, -0.1) is 0 Å². The van der Waals surface area contributed by atoms with E-state index in [1.54, 1.807) is 0 Å². The Labute approximate surface area is 216 Å². The molecule has 2 nitrogen and oxygen atoms in total. The van der Waals surface area contributed by atoms with Gasteiger partial charge >= 0.3 is 0 Å². The smallest absolute Gasteiger partial charge is 0.123 e. The molecule has 35 heavy (non-hydrogen) atoms. The van der Waals surface area contributed by atoms with Crippen molar-refractivity contribution in [1.82, 2.24) is 0 Å². The molecule has 0 fully saturated rings. The molecule has 0 radical (unpaired) electrons. The molecule has 2 N–H and O–H groups in total. The van der Waals surface area contributed by atoms with Crippen molar-refractivity contribution >= 4 is 0 Å². The zero-order chi connectivity index (χ0) is 27.1. The maximum absolute atomic E-state index is 11.7. The normalized spacial score (nSPS) is 13.5. The summed E-state index contributed by atoms with van der Waals surface area (Å²) in [5, 5.41) is 23.4. The predicted octanol–water partition coefficient (Wildman–Crippen LogP) is 9.61. The third kappa shape index (κ3) is 6.63. The quantitative estimate of drug-likeness (QED) is 0.447. The molecule has 0 saturated heterocycles. The van der Waals surface area contributed by atoms with E-state index in [0.29, 0.717) is 11.5 Å². The van der Waals surface area contributed by atoms with Gasteiger partial charge in [-0.2, -0.15) is 0 Å². The Morgan fingerprint density at radius 2 is 0.914 bits per heavy atom. The monoisotopic (exact) mass is 480 g/mol. The first-order valence-electron chi connectivity index (χ1n) is 13.4. The summed E-state index contributed by atoms with van der Waals surface area (Å²) in [7, 11) is 0. The highest BCUT2D eigenvalue weighted by atomic mass is 16.3. The van der Waals surface area contributed by atoms with Crippen molar-refractivity contribution in [3.05, 3.63) is 57.6 Å². The Kier molecular flexibility index (Phi) is 8.22. The zero-order valence-corrected chi connectivity index (χ0v) is 24.9. The summed E-state index contributed by atoms with van der Waals surface area (Å²) < 4.78 is 0. The summed E-state index contributed by atoms with van der Waals surface area (Å²) in [6.07, 6.45) is 2.97. The van der Waals surface area contributed by atoms with Crippen LogP contribution >= 0.6 is 0 Å². The summed E-state index contributed by atoms with van der Waals surface area (Å²) >= 11 is 0. The van der Waals surface area contributed by atoms with E-state index in [-0.39, 0.29) is 27.6 Å². The van der Waals surface area contributed by atoms with Gasteiger partial charge in [0.05, 0.1) is 0 Å². The van der Waals surface area contributed by atoms with Gasteiger partial charge in [0.15, 0.2) is 0 Å². The van der Waals surface area contributed by atoms with Gasteiger partial charge in [-0.1, -0.05) is 127 Å². The van der Waals surface area contributed by atoms with E-state index in [1.807, 2.05) is 0 Å². The number of phenols is 2. The maximum atomic E-state index is 11.7. The number of rotatable bonds is 5. The van der Waals surface area contributed by atoms with Gasteiger partial charge in [-0.25, -0.2) is 0 Å². The molecule has 2 aromatic carbocycles. The number of phenolic OH excluding ortho intramolecular Hbond substituents is 2. The Bertz CT molecular complexity index is 950. The maximum Gasteiger partial charge on any atom is 0.123 e. The van der Waals surface area contributed by atoms with E-state index >= 15 is 0 Å². The van der Waals surface area contributed by atoms with Gasteiger partial charge in [0.1, 0.15) is 11.5 Å². The number of hydrogen-bond acceptors (Lipinski definition) is 2. The van der Waals surface area contributed by atoms with Crippen molar-refractivity contribution in [2.45, 2.75) is 137 Å². The van der Waals surface area contributed by atoms with E-state index in [9.17, 15) is 10.2 Å². The first-order chi connectivity index (χ1) is 15.7. The number of aromatic hydroxyl groups is 2. The first-order valence-corrected chi connectivity index (χ1v) is 13.4. The van der Waals surface area contributed by atoms with E-state index in [4.69, 9.17) is 0 Å². The van der Waals surface area contributed by atoms with E-state index < -0.39 is 0 Å². The number of unbranched alkanes of at least 4 members (excludes halogenated alkanes) is 1. The van der Waals surface area contributed by atoms with Crippen LogP contribution < -0.4 is 0 Å². The SMILES string of the molecule is CCCCC(c1cc(C(C)(C)C)cc(C(C)(C)C)c1O)c1cc(C(C)(C)C)cc(C(C)(C)C)c1O. The molecule has 2 rings (SSSR count). The average molecular weight is 481 g/mol. The van der Waals surface area contributed by atoms with Crippen molar-refractivity contribution in [3.63, 3.8) is 0 Å². The Hall–Kier alpha value is -1.96. The molecule has 0 aliphatic carbocycles. The second-order valence-electron chi connectivity index (χ2n) is 14.6. The second kappa shape index (κ2) is 9.83. The third-order valence-corrected chi connectivity index (χ3v) is 7.22. The van der Waals surface area contributed by atoms with Crippen molar-refractivity contribution < 1.29 is 10.2 Å². The van der Waals surface area contributed by atoms with Crippen LogP contribution in [0.2, 0.25) is 0 Å². The van der Waals surface area contributed by atoms with Crippen molar-refractivity contribution in [2.24, 2.45) is 0 Å². The highest BCUT2D eigenvalue weighted by Crippen LogP contribution is 2.48. The van der Waals surface area contributed by atoms with E-state index in [0.717, 1.165) is 41.5 Å². The Balaban J connectivity index is 3.00. The van der Waals surface area contributed by atoms with E-state index in [2.05, 4.69) is 114 Å². The van der Waals surface area contributed by atoms with Crippen LogP contribution in [0, 0.1) is 0 Å². The minimum absolute atomic E-state index is 0.0520. The van der Waals surface area contributed by atoms with Gasteiger partial charge in [0.2, 0.25) is 0 Å². The van der Waals surface area contributed by atoms with Crippen LogP contribution in [0.25, 0.3) is 0 Å². The molecule has 0 unspecified atom stereocenters. The largest absolute Gasteiger partial charge is 0.507 e. The average Bonchev–Trinajstić information content (AvgIpc) is 2.66. The molecule has 0 aliphatic heterocycles. The van der Waals surface area contributed by atoms with Gasteiger partial charge in [-0.3, -0.25) is 0 Å². The summed E-state index contributed by atoms with van der Waals surface area (Å²) in [5.41, 5.74) is 5.79.